The van der Waals surface area contributed by atoms with Gasteiger partial charge in [0.15, 0.2) is 0 Å². The summed E-state index contributed by atoms with van der Waals surface area (Å²) in [4.78, 5) is 10.8. The molecule has 0 heterocycles. The fourth-order valence-electron chi connectivity index (χ4n) is 1.61. The van der Waals surface area contributed by atoms with Crippen LogP contribution in [0.5, 0.6) is 11.5 Å². The first-order valence-electron chi connectivity index (χ1n) is 5.60. The van der Waals surface area contributed by atoms with Crippen LogP contribution in [0.25, 0.3) is 0 Å². The molecule has 0 spiro atoms. The van der Waals surface area contributed by atoms with E-state index < -0.39 is 5.97 Å². The Morgan fingerprint density at radius 1 is 1.30 bits per heavy atom. The van der Waals surface area contributed by atoms with Crippen molar-refractivity contribution in [3.63, 3.8) is 0 Å². The normalized spacial score (nSPS) is 10.3. The van der Waals surface area contributed by atoms with Crippen molar-refractivity contribution in [3.8, 4) is 11.5 Å². The van der Waals surface area contributed by atoms with Gasteiger partial charge in [0.25, 0.3) is 0 Å². The van der Waals surface area contributed by atoms with Crippen LogP contribution in [0.1, 0.15) is 15.9 Å². The third-order valence-corrected chi connectivity index (χ3v) is 3.35. The maximum absolute atomic E-state index is 10.8. The molecule has 0 radical (unpaired) electrons. The molecule has 0 aromatic heterocycles. The summed E-state index contributed by atoms with van der Waals surface area (Å²) < 4.78 is 6.41. The molecule has 0 aliphatic rings. The van der Waals surface area contributed by atoms with Gasteiger partial charge in [-0.3, -0.25) is 0 Å². The van der Waals surface area contributed by atoms with Crippen molar-refractivity contribution in [1.82, 2.24) is 0 Å². The van der Waals surface area contributed by atoms with Gasteiger partial charge in [-0.15, -0.1) is 0 Å². The molecule has 0 atom stereocenters. The zero-order valence-corrected chi connectivity index (χ0v) is 12.5. The lowest BCUT2D eigenvalue weighted by molar-refractivity contribution is 0.0693. The van der Waals surface area contributed by atoms with E-state index in [0.29, 0.717) is 0 Å². The quantitative estimate of drug-likeness (QED) is 0.865. The average Bonchev–Trinajstić information content (AvgIpc) is 2.39. The van der Waals surface area contributed by atoms with E-state index in [1.54, 1.807) is 0 Å². The van der Waals surface area contributed by atoms with Gasteiger partial charge >= 0.3 is 5.97 Å². The van der Waals surface area contributed by atoms with Gasteiger partial charge in [0.1, 0.15) is 23.7 Å². The lowest BCUT2D eigenvalue weighted by atomic mass is 10.2. The molecule has 2 aromatic carbocycles. The van der Waals surface area contributed by atoms with Gasteiger partial charge in [0.2, 0.25) is 0 Å². The number of carboxylic acid groups (broad SMARTS) is 1. The van der Waals surface area contributed by atoms with Gasteiger partial charge in [-0.1, -0.05) is 39.7 Å². The van der Waals surface area contributed by atoms with E-state index in [0.717, 1.165) is 16.1 Å². The molecular formula is C14H10BrClO4. The van der Waals surface area contributed by atoms with E-state index in [1.165, 1.54) is 6.07 Å². The number of aromatic hydroxyl groups is 1. The van der Waals surface area contributed by atoms with Crippen LogP contribution in [0.4, 0.5) is 0 Å². The standard InChI is InChI=1S/C14H10BrClO4/c15-9-3-1-2-8(4-9)7-20-13-6-12(17)10(14(18)19)5-11(13)16/h1-6,17H,7H2,(H,18,19). The number of hydrogen-bond donors (Lipinski definition) is 2. The van der Waals surface area contributed by atoms with Gasteiger partial charge in [0, 0.05) is 10.5 Å². The number of carboxylic acids is 1. The van der Waals surface area contributed by atoms with Crippen molar-refractivity contribution in [2.24, 2.45) is 0 Å². The third-order valence-electron chi connectivity index (χ3n) is 2.56. The highest BCUT2D eigenvalue weighted by Crippen LogP contribution is 2.32. The fourth-order valence-corrected chi connectivity index (χ4v) is 2.28. The lowest BCUT2D eigenvalue weighted by Gasteiger charge is -2.10. The molecule has 2 aromatic rings. The molecule has 20 heavy (non-hydrogen) atoms. The molecular weight excluding hydrogens is 348 g/mol. The summed E-state index contributed by atoms with van der Waals surface area (Å²) >= 11 is 9.29. The Hall–Kier alpha value is -1.72. The molecule has 0 saturated carbocycles. The second kappa shape index (κ2) is 6.15. The molecule has 2 N–H and O–H groups in total. The van der Waals surface area contributed by atoms with Crippen molar-refractivity contribution >= 4 is 33.5 Å². The topological polar surface area (TPSA) is 66.8 Å². The second-order valence-electron chi connectivity index (χ2n) is 4.02. The maximum Gasteiger partial charge on any atom is 0.339 e. The number of carbonyl (C=O) groups is 1. The van der Waals surface area contributed by atoms with E-state index in [4.69, 9.17) is 21.4 Å². The third kappa shape index (κ3) is 3.43. The molecule has 0 unspecified atom stereocenters. The number of aromatic carboxylic acids is 1. The number of ether oxygens (including phenoxy) is 1. The summed E-state index contributed by atoms with van der Waals surface area (Å²) in [6.07, 6.45) is 0. The van der Waals surface area contributed by atoms with Crippen LogP contribution in [-0.2, 0) is 6.61 Å². The second-order valence-corrected chi connectivity index (χ2v) is 5.35. The Labute approximate surface area is 128 Å². The number of phenols is 1. The summed E-state index contributed by atoms with van der Waals surface area (Å²) in [5, 5.41) is 18.6. The molecule has 0 amide bonds. The Morgan fingerprint density at radius 2 is 2.05 bits per heavy atom. The summed E-state index contributed by atoms with van der Waals surface area (Å²) in [5.41, 5.74) is 0.655. The minimum atomic E-state index is -1.25. The van der Waals surface area contributed by atoms with Crippen LogP contribution in [-0.4, -0.2) is 16.2 Å². The van der Waals surface area contributed by atoms with Gasteiger partial charge in [0.05, 0.1) is 5.02 Å². The molecule has 0 aliphatic carbocycles. The zero-order valence-electron chi connectivity index (χ0n) is 10.1. The predicted molar refractivity (Wildman–Crippen MR) is 78.6 cm³/mol. The van der Waals surface area contributed by atoms with Crippen molar-refractivity contribution in [3.05, 3.63) is 57.0 Å². The Morgan fingerprint density at radius 3 is 2.70 bits per heavy atom. The molecule has 104 valence electrons. The SMILES string of the molecule is O=C(O)c1cc(Cl)c(OCc2cccc(Br)c2)cc1O. The smallest absolute Gasteiger partial charge is 0.339 e. The van der Waals surface area contributed by atoms with Crippen LogP contribution in [0.15, 0.2) is 40.9 Å². The molecule has 0 aliphatic heterocycles. The average molecular weight is 358 g/mol. The molecule has 6 heteroatoms. The van der Waals surface area contributed by atoms with Gasteiger partial charge in [-0.25, -0.2) is 4.79 Å². The van der Waals surface area contributed by atoms with Gasteiger partial charge in [-0.2, -0.15) is 0 Å². The van der Waals surface area contributed by atoms with E-state index in [9.17, 15) is 9.90 Å². The Kier molecular flexibility index (Phi) is 4.52. The van der Waals surface area contributed by atoms with Gasteiger partial charge in [-0.05, 0) is 23.8 Å². The van der Waals surface area contributed by atoms with Crippen LogP contribution >= 0.6 is 27.5 Å². The summed E-state index contributed by atoms with van der Waals surface area (Å²) in [5.74, 6) is -1.40. The highest BCUT2D eigenvalue weighted by molar-refractivity contribution is 9.10. The minimum absolute atomic E-state index is 0.134. The Bertz CT molecular complexity index is 658. The molecule has 4 nitrogen and oxygen atoms in total. The number of hydrogen-bond acceptors (Lipinski definition) is 3. The number of halogens is 2. The first-order chi connectivity index (χ1) is 9.47. The van der Waals surface area contributed by atoms with Crippen molar-refractivity contribution in [2.45, 2.75) is 6.61 Å². The summed E-state index contributed by atoms with van der Waals surface area (Å²) in [6, 6.07) is 9.89. The van der Waals surface area contributed by atoms with E-state index in [-0.39, 0.29) is 28.7 Å². The maximum atomic E-state index is 10.8. The van der Waals surface area contributed by atoms with E-state index in [2.05, 4.69) is 15.9 Å². The van der Waals surface area contributed by atoms with Crippen LogP contribution < -0.4 is 4.74 Å². The number of rotatable bonds is 4. The molecule has 0 saturated heterocycles. The van der Waals surface area contributed by atoms with Crippen molar-refractivity contribution < 1.29 is 19.7 Å². The molecule has 0 bridgehead atoms. The zero-order chi connectivity index (χ0) is 14.7. The highest BCUT2D eigenvalue weighted by Gasteiger charge is 2.14. The van der Waals surface area contributed by atoms with E-state index >= 15 is 0 Å². The summed E-state index contributed by atoms with van der Waals surface area (Å²) in [6.45, 7) is 0.255. The first-order valence-corrected chi connectivity index (χ1v) is 6.77. The monoisotopic (exact) mass is 356 g/mol. The molecule has 0 fully saturated rings. The van der Waals surface area contributed by atoms with E-state index in [1.807, 2.05) is 24.3 Å². The number of benzene rings is 2. The summed E-state index contributed by atoms with van der Waals surface area (Å²) in [7, 11) is 0. The first kappa shape index (κ1) is 14.7. The highest BCUT2D eigenvalue weighted by atomic mass is 79.9. The van der Waals surface area contributed by atoms with Crippen molar-refractivity contribution in [2.75, 3.05) is 0 Å². The van der Waals surface area contributed by atoms with Gasteiger partial charge < -0.3 is 14.9 Å². The van der Waals surface area contributed by atoms with Crippen molar-refractivity contribution in [1.29, 1.82) is 0 Å². The minimum Gasteiger partial charge on any atom is -0.507 e. The van der Waals surface area contributed by atoms with Crippen LogP contribution in [0, 0.1) is 0 Å². The predicted octanol–water partition coefficient (Wildman–Crippen LogP) is 4.09. The Balaban J connectivity index is 2.18. The lowest BCUT2D eigenvalue weighted by Crippen LogP contribution is -2.00. The van der Waals surface area contributed by atoms with Crippen LogP contribution in [0.3, 0.4) is 0 Å². The largest absolute Gasteiger partial charge is 0.507 e. The fraction of sp³-hybridized carbons (Fsp3) is 0.0714. The van der Waals surface area contributed by atoms with Crippen LogP contribution in [0.2, 0.25) is 5.02 Å². The molecule has 2 rings (SSSR count).